The molecule has 3 aromatic rings. The second kappa shape index (κ2) is 5.63. The Morgan fingerprint density at radius 1 is 1.05 bits per heavy atom. The molecule has 0 unspecified atom stereocenters. The minimum absolute atomic E-state index is 0.869. The highest BCUT2D eigenvalue weighted by molar-refractivity contribution is 5.88. The molecule has 0 saturated carbocycles. The van der Waals surface area contributed by atoms with Crippen LogP contribution in [0.5, 0.6) is 0 Å². The van der Waals surface area contributed by atoms with Gasteiger partial charge in [0.25, 0.3) is 0 Å². The maximum atomic E-state index is 5.32. The van der Waals surface area contributed by atoms with Gasteiger partial charge in [0.05, 0.1) is 11.9 Å². The molecule has 0 radical (unpaired) electrons. The molecule has 4 nitrogen and oxygen atoms in total. The van der Waals surface area contributed by atoms with Crippen molar-refractivity contribution in [2.75, 3.05) is 0 Å². The summed E-state index contributed by atoms with van der Waals surface area (Å²) >= 11 is 0. The molecule has 0 aliphatic carbocycles. The summed E-state index contributed by atoms with van der Waals surface area (Å²) in [5.74, 6) is 5.32. The van der Waals surface area contributed by atoms with Crippen LogP contribution in [-0.4, -0.2) is 16.0 Å². The first-order valence-electron chi connectivity index (χ1n) is 6.74. The molecule has 0 amide bonds. The van der Waals surface area contributed by atoms with Crippen molar-refractivity contribution in [1.29, 1.82) is 0 Å². The highest BCUT2D eigenvalue weighted by Gasteiger charge is 2.11. The Bertz CT molecular complexity index is 772. The summed E-state index contributed by atoms with van der Waals surface area (Å²) < 4.78 is 1.87. The van der Waals surface area contributed by atoms with Gasteiger partial charge in [-0.3, -0.25) is 0 Å². The Balaban J connectivity index is 2.16. The zero-order valence-electron chi connectivity index (χ0n) is 11.8. The van der Waals surface area contributed by atoms with Crippen LogP contribution in [0.3, 0.4) is 0 Å². The second-order valence-electron chi connectivity index (χ2n) is 4.81. The van der Waals surface area contributed by atoms with E-state index in [1.165, 1.54) is 0 Å². The molecule has 1 heterocycles. The molecular weight excluding hydrogens is 260 g/mol. The molecule has 3 rings (SSSR count). The predicted molar refractivity (Wildman–Crippen MR) is 85.5 cm³/mol. The molecule has 2 aromatic carbocycles. The van der Waals surface area contributed by atoms with Gasteiger partial charge in [-0.05, 0) is 18.6 Å². The highest BCUT2D eigenvalue weighted by Crippen LogP contribution is 2.23. The number of hydrazone groups is 1. The van der Waals surface area contributed by atoms with Crippen LogP contribution in [-0.2, 0) is 0 Å². The zero-order valence-corrected chi connectivity index (χ0v) is 11.8. The maximum Gasteiger partial charge on any atom is 0.102 e. The molecule has 0 fully saturated rings. The van der Waals surface area contributed by atoms with Gasteiger partial charge in [-0.1, -0.05) is 48.5 Å². The molecule has 4 heteroatoms. The van der Waals surface area contributed by atoms with Gasteiger partial charge in [0.15, 0.2) is 0 Å². The average Bonchev–Trinajstić information content (AvgIpc) is 2.93. The van der Waals surface area contributed by atoms with Crippen LogP contribution >= 0.6 is 0 Å². The average molecular weight is 276 g/mol. The number of hydrogen-bond acceptors (Lipinski definition) is 3. The lowest BCUT2D eigenvalue weighted by atomic mass is 10.1. The van der Waals surface area contributed by atoms with Gasteiger partial charge in [-0.25, -0.2) is 4.68 Å². The number of rotatable bonds is 3. The van der Waals surface area contributed by atoms with E-state index in [0.717, 1.165) is 28.1 Å². The van der Waals surface area contributed by atoms with E-state index in [1.807, 2.05) is 59.4 Å². The van der Waals surface area contributed by atoms with Crippen molar-refractivity contribution in [1.82, 2.24) is 9.78 Å². The van der Waals surface area contributed by atoms with Crippen LogP contribution in [0.4, 0.5) is 0 Å². The van der Waals surface area contributed by atoms with Crippen LogP contribution in [0.25, 0.3) is 16.9 Å². The van der Waals surface area contributed by atoms with Crippen molar-refractivity contribution in [3.63, 3.8) is 0 Å². The second-order valence-corrected chi connectivity index (χ2v) is 4.81. The third-order valence-corrected chi connectivity index (χ3v) is 3.37. The summed E-state index contributed by atoms with van der Waals surface area (Å²) in [6.07, 6.45) is 3.57. The first-order chi connectivity index (χ1) is 10.3. The minimum atomic E-state index is 0.869. The van der Waals surface area contributed by atoms with Gasteiger partial charge in [-0.2, -0.15) is 10.2 Å². The lowest BCUT2D eigenvalue weighted by Gasteiger charge is -2.04. The largest absolute Gasteiger partial charge is 0.323 e. The summed E-state index contributed by atoms with van der Waals surface area (Å²) in [6.45, 7) is 2.07. The molecular formula is C17H16N4. The molecule has 0 aliphatic heterocycles. The first kappa shape index (κ1) is 13.1. The highest BCUT2D eigenvalue weighted by atomic mass is 15.3. The Morgan fingerprint density at radius 2 is 1.76 bits per heavy atom. The third-order valence-electron chi connectivity index (χ3n) is 3.37. The molecule has 104 valence electrons. The Hall–Kier alpha value is -2.88. The first-order valence-corrected chi connectivity index (χ1v) is 6.74. The Labute approximate surface area is 123 Å². The topological polar surface area (TPSA) is 56.2 Å². The van der Waals surface area contributed by atoms with Gasteiger partial charge in [-0.15, -0.1) is 0 Å². The molecule has 1 aromatic heterocycles. The predicted octanol–water partition coefficient (Wildman–Crippen LogP) is 3.14. The summed E-state index contributed by atoms with van der Waals surface area (Å²) in [5.41, 5.74) is 5.02. The summed E-state index contributed by atoms with van der Waals surface area (Å²) in [4.78, 5) is 0. The van der Waals surface area contributed by atoms with Crippen molar-refractivity contribution in [3.05, 3.63) is 71.9 Å². The van der Waals surface area contributed by atoms with Gasteiger partial charge in [0.1, 0.15) is 5.69 Å². The quantitative estimate of drug-likeness (QED) is 0.454. The summed E-state index contributed by atoms with van der Waals surface area (Å²) in [5, 5.41) is 8.34. The van der Waals surface area contributed by atoms with Crippen molar-refractivity contribution in [3.8, 4) is 16.9 Å². The van der Waals surface area contributed by atoms with E-state index in [4.69, 9.17) is 10.9 Å². The molecule has 0 saturated heterocycles. The van der Waals surface area contributed by atoms with E-state index in [1.54, 1.807) is 6.21 Å². The van der Waals surface area contributed by atoms with Crippen LogP contribution in [0.1, 0.15) is 11.1 Å². The van der Waals surface area contributed by atoms with E-state index in [-0.39, 0.29) is 0 Å². The zero-order chi connectivity index (χ0) is 14.7. The lowest BCUT2D eigenvalue weighted by molar-refractivity contribution is 0.876. The molecule has 0 aliphatic rings. The minimum Gasteiger partial charge on any atom is -0.323 e. The van der Waals surface area contributed by atoms with Crippen LogP contribution in [0.15, 0.2) is 65.9 Å². The lowest BCUT2D eigenvalue weighted by Crippen LogP contribution is -1.97. The van der Waals surface area contributed by atoms with Crippen molar-refractivity contribution < 1.29 is 0 Å². The number of para-hydroxylation sites is 1. The molecule has 0 atom stereocenters. The molecule has 21 heavy (non-hydrogen) atoms. The SMILES string of the molecule is Cc1ccccc1-n1cc(/C=N\N)c(-c2ccccc2)n1. The monoisotopic (exact) mass is 276 g/mol. The molecule has 0 spiro atoms. The Kier molecular flexibility index (Phi) is 3.51. The fourth-order valence-electron chi connectivity index (χ4n) is 2.33. The standard InChI is InChI=1S/C17H16N4/c1-13-7-5-6-10-16(13)21-12-15(11-19-18)17(20-21)14-8-3-2-4-9-14/h2-12H,18H2,1H3/b19-11-. The van der Waals surface area contributed by atoms with E-state index >= 15 is 0 Å². The van der Waals surface area contributed by atoms with Gasteiger partial charge in [0.2, 0.25) is 0 Å². The van der Waals surface area contributed by atoms with Crippen molar-refractivity contribution in [2.45, 2.75) is 6.92 Å². The smallest absolute Gasteiger partial charge is 0.102 e. The van der Waals surface area contributed by atoms with Crippen LogP contribution in [0, 0.1) is 6.92 Å². The van der Waals surface area contributed by atoms with Gasteiger partial charge >= 0.3 is 0 Å². The fourth-order valence-corrected chi connectivity index (χ4v) is 2.33. The number of nitrogens with zero attached hydrogens (tertiary/aromatic N) is 3. The fraction of sp³-hybridized carbons (Fsp3) is 0.0588. The third kappa shape index (κ3) is 2.56. The number of aromatic nitrogens is 2. The van der Waals surface area contributed by atoms with Crippen molar-refractivity contribution >= 4 is 6.21 Å². The molecule has 2 N–H and O–H groups in total. The number of aryl methyl sites for hydroxylation is 1. The van der Waals surface area contributed by atoms with Gasteiger partial charge < -0.3 is 5.84 Å². The van der Waals surface area contributed by atoms with E-state index in [9.17, 15) is 0 Å². The normalized spacial score (nSPS) is 11.1. The Morgan fingerprint density at radius 3 is 2.48 bits per heavy atom. The van der Waals surface area contributed by atoms with Crippen LogP contribution in [0.2, 0.25) is 0 Å². The van der Waals surface area contributed by atoms with E-state index in [2.05, 4.69) is 18.1 Å². The number of benzene rings is 2. The maximum absolute atomic E-state index is 5.32. The van der Waals surface area contributed by atoms with Gasteiger partial charge in [0, 0.05) is 17.3 Å². The molecule has 0 bridgehead atoms. The van der Waals surface area contributed by atoms with E-state index < -0.39 is 0 Å². The summed E-state index contributed by atoms with van der Waals surface area (Å²) in [7, 11) is 0. The van der Waals surface area contributed by atoms with Crippen molar-refractivity contribution in [2.24, 2.45) is 10.9 Å². The summed E-state index contributed by atoms with van der Waals surface area (Å²) in [6, 6.07) is 18.1. The number of hydrogen-bond donors (Lipinski definition) is 1. The number of nitrogens with two attached hydrogens (primary N) is 1. The van der Waals surface area contributed by atoms with E-state index in [0.29, 0.717) is 0 Å². The van der Waals surface area contributed by atoms with Crippen LogP contribution < -0.4 is 5.84 Å².